The summed E-state index contributed by atoms with van der Waals surface area (Å²) in [6, 6.07) is 0. The maximum Gasteiger partial charge on any atom is 0.308 e. The average molecular weight is 257 g/mol. The summed E-state index contributed by atoms with van der Waals surface area (Å²) in [6.45, 7) is 2.12. The van der Waals surface area contributed by atoms with E-state index in [1.165, 1.54) is 7.11 Å². The van der Waals surface area contributed by atoms with Crippen molar-refractivity contribution >= 4 is 11.9 Å². The van der Waals surface area contributed by atoms with Gasteiger partial charge in [-0.25, -0.2) is 0 Å². The second kappa shape index (κ2) is 6.15. The van der Waals surface area contributed by atoms with Gasteiger partial charge in [0, 0.05) is 19.7 Å². The number of morpholine rings is 1. The maximum absolute atomic E-state index is 12.1. The van der Waals surface area contributed by atoms with E-state index in [1.54, 1.807) is 4.90 Å². The normalized spacial score (nSPS) is 28.2. The highest BCUT2D eigenvalue weighted by molar-refractivity contribution is 5.81. The van der Waals surface area contributed by atoms with Crippen molar-refractivity contribution in [3.63, 3.8) is 0 Å². The largest absolute Gasteiger partial charge is 0.469 e. The smallest absolute Gasteiger partial charge is 0.308 e. The van der Waals surface area contributed by atoms with Gasteiger partial charge >= 0.3 is 5.97 Å². The van der Waals surface area contributed by atoms with Gasteiger partial charge in [-0.15, -0.1) is 0 Å². The molecule has 2 heterocycles. The molecule has 2 aliphatic heterocycles. The van der Waals surface area contributed by atoms with Crippen LogP contribution in [0.1, 0.15) is 19.3 Å². The Morgan fingerprint density at radius 2 is 2.17 bits per heavy atom. The first-order chi connectivity index (χ1) is 8.70. The summed E-state index contributed by atoms with van der Waals surface area (Å²) in [5.41, 5.74) is 0. The van der Waals surface area contributed by atoms with Crippen LogP contribution in [0.4, 0.5) is 0 Å². The first-order valence-corrected chi connectivity index (χ1v) is 6.29. The molecule has 2 atom stereocenters. The molecule has 0 N–H and O–H groups in total. The fourth-order valence-corrected chi connectivity index (χ4v) is 2.29. The van der Waals surface area contributed by atoms with Crippen LogP contribution in [0, 0.1) is 0 Å². The van der Waals surface area contributed by atoms with E-state index < -0.39 is 0 Å². The molecular formula is C12H19NO5. The molecule has 0 aliphatic carbocycles. The Morgan fingerprint density at radius 3 is 2.83 bits per heavy atom. The Bertz CT molecular complexity index is 314. The van der Waals surface area contributed by atoms with E-state index in [2.05, 4.69) is 4.74 Å². The van der Waals surface area contributed by atoms with E-state index in [0.717, 1.165) is 12.8 Å². The summed E-state index contributed by atoms with van der Waals surface area (Å²) in [5.74, 6) is -0.294. The number of rotatable bonds is 3. The number of esters is 1. The van der Waals surface area contributed by atoms with E-state index in [4.69, 9.17) is 9.47 Å². The van der Waals surface area contributed by atoms with Crippen LogP contribution >= 0.6 is 0 Å². The zero-order chi connectivity index (χ0) is 13.0. The molecule has 0 spiro atoms. The molecule has 6 nitrogen and oxygen atoms in total. The summed E-state index contributed by atoms with van der Waals surface area (Å²) in [7, 11) is 1.35. The van der Waals surface area contributed by atoms with Gasteiger partial charge in [0.15, 0.2) is 0 Å². The fraction of sp³-hybridized carbons (Fsp3) is 0.833. The molecule has 1 unspecified atom stereocenters. The topological polar surface area (TPSA) is 65.1 Å². The molecule has 2 aliphatic rings. The van der Waals surface area contributed by atoms with Gasteiger partial charge < -0.3 is 19.1 Å². The monoisotopic (exact) mass is 257 g/mol. The Hall–Kier alpha value is -1.14. The predicted molar refractivity (Wildman–Crippen MR) is 61.9 cm³/mol. The van der Waals surface area contributed by atoms with E-state index in [-0.39, 0.29) is 30.5 Å². The SMILES string of the molecule is COC(=O)CC1CN(C(=O)[C@@H]2CCCO2)CCO1. The Morgan fingerprint density at radius 1 is 1.33 bits per heavy atom. The Kier molecular flexibility index (Phi) is 4.54. The second-order valence-electron chi connectivity index (χ2n) is 4.56. The number of methoxy groups -OCH3 is 1. The van der Waals surface area contributed by atoms with Gasteiger partial charge in [-0.1, -0.05) is 0 Å². The molecule has 0 bridgehead atoms. The van der Waals surface area contributed by atoms with Crippen LogP contribution in [0.25, 0.3) is 0 Å². The molecule has 0 radical (unpaired) electrons. The summed E-state index contributed by atoms with van der Waals surface area (Å²) < 4.78 is 15.4. The highest BCUT2D eigenvalue weighted by Crippen LogP contribution is 2.17. The molecule has 1 amide bonds. The van der Waals surface area contributed by atoms with Gasteiger partial charge in [-0.3, -0.25) is 9.59 Å². The van der Waals surface area contributed by atoms with Crippen molar-refractivity contribution in [1.82, 2.24) is 4.90 Å². The second-order valence-corrected chi connectivity index (χ2v) is 4.56. The highest BCUT2D eigenvalue weighted by atomic mass is 16.5. The van der Waals surface area contributed by atoms with Crippen LogP contribution in [0.15, 0.2) is 0 Å². The van der Waals surface area contributed by atoms with Crippen molar-refractivity contribution in [3.05, 3.63) is 0 Å². The standard InChI is InChI=1S/C12H19NO5/c1-16-11(14)7-9-8-13(4-6-17-9)12(15)10-3-2-5-18-10/h9-10H,2-8H2,1H3/t9?,10-/m0/s1. The lowest BCUT2D eigenvalue weighted by Gasteiger charge is -2.33. The van der Waals surface area contributed by atoms with Crippen LogP contribution in [-0.4, -0.2) is 62.4 Å². The van der Waals surface area contributed by atoms with Crippen molar-refractivity contribution in [2.24, 2.45) is 0 Å². The quantitative estimate of drug-likeness (QED) is 0.664. The third kappa shape index (κ3) is 3.20. The summed E-state index contributed by atoms with van der Waals surface area (Å²) in [4.78, 5) is 25.0. The zero-order valence-electron chi connectivity index (χ0n) is 10.6. The third-order valence-electron chi connectivity index (χ3n) is 3.28. The molecule has 2 rings (SSSR count). The number of nitrogens with zero attached hydrogens (tertiary/aromatic N) is 1. The molecule has 2 saturated heterocycles. The van der Waals surface area contributed by atoms with E-state index in [9.17, 15) is 9.59 Å². The van der Waals surface area contributed by atoms with Gasteiger partial charge in [-0.2, -0.15) is 0 Å². The van der Waals surface area contributed by atoms with Crippen LogP contribution < -0.4 is 0 Å². The number of carbonyl (C=O) groups excluding carboxylic acids is 2. The lowest BCUT2D eigenvalue weighted by Crippen LogP contribution is -2.49. The molecule has 0 saturated carbocycles. The van der Waals surface area contributed by atoms with Gasteiger partial charge in [0.1, 0.15) is 6.10 Å². The molecule has 0 aromatic heterocycles. The van der Waals surface area contributed by atoms with E-state index in [0.29, 0.717) is 26.3 Å². The number of ether oxygens (including phenoxy) is 3. The Balaban J connectivity index is 1.85. The van der Waals surface area contributed by atoms with Crippen LogP contribution in [0.5, 0.6) is 0 Å². The van der Waals surface area contributed by atoms with Gasteiger partial charge in [0.05, 0.1) is 26.2 Å². The number of hydrogen-bond donors (Lipinski definition) is 0. The highest BCUT2D eigenvalue weighted by Gasteiger charge is 2.32. The summed E-state index contributed by atoms with van der Waals surface area (Å²) in [5, 5.41) is 0. The first kappa shape index (κ1) is 13.3. The minimum Gasteiger partial charge on any atom is -0.469 e. The molecule has 2 fully saturated rings. The lowest BCUT2D eigenvalue weighted by atomic mass is 10.1. The van der Waals surface area contributed by atoms with Gasteiger partial charge in [0.2, 0.25) is 0 Å². The minimum absolute atomic E-state index is 0.0191. The van der Waals surface area contributed by atoms with Crippen LogP contribution in [-0.2, 0) is 23.8 Å². The maximum atomic E-state index is 12.1. The predicted octanol–water partition coefficient (Wildman–Crippen LogP) is -0.0441. The van der Waals surface area contributed by atoms with Crippen molar-refractivity contribution in [2.75, 3.05) is 33.4 Å². The summed E-state index contributed by atoms with van der Waals surface area (Å²) in [6.07, 6.45) is 1.34. The lowest BCUT2D eigenvalue weighted by molar-refractivity contribution is -0.154. The van der Waals surface area contributed by atoms with Gasteiger partial charge in [0.25, 0.3) is 5.91 Å². The Labute approximate surface area is 106 Å². The number of carbonyl (C=O) groups is 2. The van der Waals surface area contributed by atoms with Crippen LogP contribution in [0.2, 0.25) is 0 Å². The van der Waals surface area contributed by atoms with Gasteiger partial charge in [-0.05, 0) is 12.8 Å². The van der Waals surface area contributed by atoms with Crippen molar-refractivity contribution < 1.29 is 23.8 Å². The number of hydrogen-bond acceptors (Lipinski definition) is 5. The van der Waals surface area contributed by atoms with Crippen molar-refractivity contribution in [3.8, 4) is 0 Å². The van der Waals surface area contributed by atoms with Crippen LogP contribution in [0.3, 0.4) is 0 Å². The molecule has 0 aromatic rings. The molecule has 6 heteroatoms. The number of amides is 1. The molecule has 102 valence electrons. The molecular weight excluding hydrogens is 238 g/mol. The zero-order valence-corrected chi connectivity index (χ0v) is 10.6. The minimum atomic E-state index is -0.314. The first-order valence-electron chi connectivity index (χ1n) is 6.29. The molecule has 0 aromatic carbocycles. The average Bonchev–Trinajstić information content (AvgIpc) is 2.92. The molecule has 18 heavy (non-hydrogen) atoms. The fourth-order valence-electron chi connectivity index (χ4n) is 2.29. The van der Waals surface area contributed by atoms with Crippen molar-refractivity contribution in [2.45, 2.75) is 31.5 Å². The third-order valence-corrected chi connectivity index (χ3v) is 3.28. The van der Waals surface area contributed by atoms with E-state index in [1.807, 2.05) is 0 Å². The van der Waals surface area contributed by atoms with E-state index >= 15 is 0 Å². The summed E-state index contributed by atoms with van der Waals surface area (Å²) >= 11 is 0. The van der Waals surface area contributed by atoms with Crippen molar-refractivity contribution in [1.29, 1.82) is 0 Å².